The fraction of sp³-hybridized carbons (Fsp3) is 0.583. The highest BCUT2D eigenvalue weighted by molar-refractivity contribution is 7.11. The van der Waals surface area contributed by atoms with Gasteiger partial charge in [-0.3, -0.25) is 4.79 Å². The molecule has 0 aliphatic rings. The number of aryl methyl sites for hydroxylation is 1. The number of thiazole rings is 1. The number of amides is 1. The number of hydrogen-bond donors (Lipinski definition) is 3. The van der Waals surface area contributed by atoms with Gasteiger partial charge in [-0.1, -0.05) is 0 Å². The van der Waals surface area contributed by atoms with Gasteiger partial charge in [0.05, 0.1) is 6.54 Å². The number of nitrogens with zero attached hydrogens (tertiary/aromatic N) is 2. The predicted octanol–water partition coefficient (Wildman–Crippen LogP) is 0.643. The maximum atomic E-state index is 10.7. The van der Waals surface area contributed by atoms with E-state index in [-0.39, 0.29) is 5.91 Å². The maximum Gasteiger partial charge on any atom is 0.216 e. The standard InChI is InChI=1S/C12H21N5OS/c1-4-13-12(15-6-5-14-10(3)18)17-8-11-16-7-9(2)19-11/h7H,4-6,8H2,1-3H3,(H,14,18)(H2,13,15,17). The molecule has 106 valence electrons. The Kier molecular flexibility index (Phi) is 6.88. The summed E-state index contributed by atoms with van der Waals surface area (Å²) in [6.07, 6.45) is 1.85. The van der Waals surface area contributed by atoms with Crippen LogP contribution in [0.4, 0.5) is 0 Å². The molecule has 1 heterocycles. The summed E-state index contributed by atoms with van der Waals surface area (Å²) < 4.78 is 0. The molecule has 6 nitrogen and oxygen atoms in total. The molecule has 0 aromatic carbocycles. The Labute approximate surface area is 117 Å². The van der Waals surface area contributed by atoms with Crippen LogP contribution in [0.3, 0.4) is 0 Å². The van der Waals surface area contributed by atoms with Crippen LogP contribution < -0.4 is 16.0 Å². The SMILES string of the molecule is CCNC(=NCc1ncc(C)s1)NCCNC(C)=O. The van der Waals surface area contributed by atoms with Gasteiger partial charge in [-0.25, -0.2) is 9.98 Å². The van der Waals surface area contributed by atoms with Gasteiger partial charge in [0, 0.05) is 37.6 Å². The lowest BCUT2D eigenvalue weighted by Gasteiger charge is -2.10. The predicted molar refractivity (Wildman–Crippen MR) is 78.4 cm³/mol. The summed E-state index contributed by atoms with van der Waals surface area (Å²) in [7, 11) is 0. The zero-order chi connectivity index (χ0) is 14.1. The van der Waals surface area contributed by atoms with E-state index >= 15 is 0 Å². The quantitative estimate of drug-likeness (QED) is 0.407. The lowest BCUT2D eigenvalue weighted by atomic mass is 10.5. The van der Waals surface area contributed by atoms with E-state index in [0.29, 0.717) is 19.6 Å². The van der Waals surface area contributed by atoms with E-state index in [1.165, 1.54) is 11.8 Å². The first-order valence-electron chi connectivity index (χ1n) is 6.29. The molecule has 0 unspecified atom stereocenters. The van der Waals surface area contributed by atoms with Gasteiger partial charge in [-0.05, 0) is 13.8 Å². The minimum Gasteiger partial charge on any atom is -0.357 e. The molecule has 1 aromatic rings. The molecule has 0 bridgehead atoms. The van der Waals surface area contributed by atoms with Crippen LogP contribution in [-0.2, 0) is 11.3 Å². The highest BCUT2D eigenvalue weighted by Gasteiger charge is 2.00. The highest BCUT2D eigenvalue weighted by atomic mass is 32.1. The molecule has 0 spiro atoms. The third-order valence-electron chi connectivity index (χ3n) is 2.18. The Bertz CT molecular complexity index is 430. The first-order valence-corrected chi connectivity index (χ1v) is 7.11. The van der Waals surface area contributed by atoms with Crippen molar-refractivity contribution in [3.63, 3.8) is 0 Å². The first-order chi connectivity index (χ1) is 9.11. The average Bonchev–Trinajstić information content (AvgIpc) is 2.77. The first kappa shape index (κ1) is 15.4. The Morgan fingerprint density at radius 2 is 2.11 bits per heavy atom. The summed E-state index contributed by atoms with van der Waals surface area (Å²) >= 11 is 1.65. The van der Waals surface area contributed by atoms with E-state index in [1.54, 1.807) is 11.3 Å². The molecule has 0 saturated carbocycles. The van der Waals surface area contributed by atoms with Gasteiger partial charge in [0.1, 0.15) is 5.01 Å². The molecule has 0 atom stereocenters. The highest BCUT2D eigenvalue weighted by Crippen LogP contribution is 2.11. The Balaban J connectivity index is 2.39. The minimum absolute atomic E-state index is 0.0259. The molecule has 1 rings (SSSR count). The molecule has 0 saturated heterocycles. The minimum atomic E-state index is -0.0259. The van der Waals surface area contributed by atoms with Gasteiger partial charge in [0.25, 0.3) is 0 Å². The van der Waals surface area contributed by atoms with Crippen molar-refractivity contribution in [2.24, 2.45) is 4.99 Å². The van der Waals surface area contributed by atoms with E-state index in [9.17, 15) is 4.79 Å². The molecule has 0 aliphatic carbocycles. The van der Waals surface area contributed by atoms with E-state index in [1.807, 2.05) is 20.0 Å². The summed E-state index contributed by atoms with van der Waals surface area (Å²) in [6.45, 7) is 8.12. The Morgan fingerprint density at radius 1 is 1.37 bits per heavy atom. The molecular weight excluding hydrogens is 262 g/mol. The second kappa shape index (κ2) is 8.47. The van der Waals surface area contributed by atoms with Gasteiger partial charge < -0.3 is 16.0 Å². The van der Waals surface area contributed by atoms with Crippen LogP contribution in [0.25, 0.3) is 0 Å². The van der Waals surface area contributed by atoms with Crippen LogP contribution in [0, 0.1) is 6.92 Å². The third kappa shape index (κ3) is 6.76. The number of aromatic nitrogens is 1. The third-order valence-corrected chi connectivity index (χ3v) is 3.07. The largest absolute Gasteiger partial charge is 0.357 e. The van der Waals surface area contributed by atoms with Crippen molar-refractivity contribution >= 4 is 23.2 Å². The molecule has 19 heavy (non-hydrogen) atoms. The topological polar surface area (TPSA) is 78.4 Å². The summed E-state index contributed by atoms with van der Waals surface area (Å²) in [5.74, 6) is 0.711. The Hall–Kier alpha value is -1.63. The van der Waals surface area contributed by atoms with Crippen LogP contribution in [-0.4, -0.2) is 36.5 Å². The van der Waals surface area contributed by atoms with Crippen molar-refractivity contribution in [2.45, 2.75) is 27.3 Å². The number of guanidine groups is 1. The number of nitrogens with one attached hydrogen (secondary N) is 3. The smallest absolute Gasteiger partial charge is 0.216 e. The van der Waals surface area contributed by atoms with E-state index in [2.05, 4.69) is 25.9 Å². The molecule has 0 radical (unpaired) electrons. The van der Waals surface area contributed by atoms with Crippen molar-refractivity contribution < 1.29 is 4.79 Å². The number of rotatable bonds is 6. The van der Waals surface area contributed by atoms with Crippen LogP contribution in [0.2, 0.25) is 0 Å². The number of carbonyl (C=O) groups is 1. The summed E-state index contributed by atoms with van der Waals surface area (Å²) in [5.41, 5.74) is 0. The van der Waals surface area contributed by atoms with E-state index < -0.39 is 0 Å². The van der Waals surface area contributed by atoms with E-state index in [4.69, 9.17) is 0 Å². The average molecular weight is 283 g/mol. The zero-order valence-corrected chi connectivity index (χ0v) is 12.4. The van der Waals surface area contributed by atoms with Crippen LogP contribution in [0.5, 0.6) is 0 Å². The molecule has 1 amide bonds. The van der Waals surface area contributed by atoms with Crippen molar-refractivity contribution in [1.82, 2.24) is 20.9 Å². The van der Waals surface area contributed by atoms with E-state index in [0.717, 1.165) is 17.5 Å². The normalized spacial score (nSPS) is 11.2. The van der Waals surface area contributed by atoms with Crippen LogP contribution >= 0.6 is 11.3 Å². The monoisotopic (exact) mass is 283 g/mol. The summed E-state index contributed by atoms with van der Waals surface area (Å²) in [5, 5.41) is 10.0. The van der Waals surface area contributed by atoms with Gasteiger partial charge in [0.15, 0.2) is 5.96 Å². The van der Waals surface area contributed by atoms with Crippen molar-refractivity contribution in [3.8, 4) is 0 Å². The second-order valence-corrected chi connectivity index (χ2v) is 5.29. The molecule has 1 aromatic heterocycles. The summed E-state index contributed by atoms with van der Waals surface area (Å²) in [4.78, 5) is 20.6. The lowest BCUT2D eigenvalue weighted by Crippen LogP contribution is -2.41. The van der Waals surface area contributed by atoms with Crippen molar-refractivity contribution in [1.29, 1.82) is 0 Å². The maximum absolute atomic E-state index is 10.7. The molecule has 7 heteroatoms. The zero-order valence-electron chi connectivity index (χ0n) is 11.6. The fourth-order valence-corrected chi connectivity index (χ4v) is 2.09. The van der Waals surface area contributed by atoms with Gasteiger partial charge in [0.2, 0.25) is 5.91 Å². The van der Waals surface area contributed by atoms with Crippen molar-refractivity contribution in [3.05, 3.63) is 16.1 Å². The lowest BCUT2D eigenvalue weighted by molar-refractivity contribution is -0.118. The molecular formula is C12H21N5OS. The fourth-order valence-electron chi connectivity index (χ4n) is 1.38. The molecule has 3 N–H and O–H groups in total. The number of carbonyl (C=O) groups excluding carboxylic acids is 1. The Morgan fingerprint density at radius 3 is 2.68 bits per heavy atom. The van der Waals surface area contributed by atoms with Crippen LogP contribution in [0.1, 0.15) is 23.7 Å². The van der Waals surface area contributed by atoms with Gasteiger partial charge in [-0.2, -0.15) is 0 Å². The summed E-state index contributed by atoms with van der Waals surface area (Å²) in [6, 6.07) is 0. The van der Waals surface area contributed by atoms with Crippen LogP contribution in [0.15, 0.2) is 11.2 Å². The van der Waals surface area contributed by atoms with Crippen molar-refractivity contribution in [2.75, 3.05) is 19.6 Å². The molecule has 0 fully saturated rings. The number of hydrogen-bond acceptors (Lipinski definition) is 4. The second-order valence-electron chi connectivity index (χ2n) is 3.97. The molecule has 0 aliphatic heterocycles. The van der Waals surface area contributed by atoms with Gasteiger partial charge in [-0.15, -0.1) is 11.3 Å². The number of aliphatic imine (C=N–C) groups is 1. The van der Waals surface area contributed by atoms with Gasteiger partial charge >= 0.3 is 0 Å².